The van der Waals surface area contributed by atoms with Crippen LogP contribution in [0.3, 0.4) is 0 Å². The number of para-hydroxylation sites is 1. The van der Waals surface area contributed by atoms with Crippen LogP contribution in [0, 0.1) is 0 Å². The van der Waals surface area contributed by atoms with E-state index in [-0.39, 0.29) is 5.78 Å². The van der Waals surface area contributed by atoms with Crippen molar-refractivity contribution in [2.45, 2.75) is 6.92 Å². The molecule has 0 fully saturated rings. The summed E-state index contributed by atoms with van der Waals surface area (Å²) in [5, 5.41) is 9.00. The first-order chi connectivity index (χ1) is 12.2. The minimum atomic E-state index is -0.511. The zero-order valence-corrected chi connectivity index (χ0v) is 14.0. The highest BCUT2D eigenvalue weighted by atomic mass is 16.5. The Morgan fingerprint density at radius 1 is 1.20 bits per heavy atom. The molecule has 1 heterocycles. The number of carbonyl (C=O) groups excluding carboxylic acids is 1. The number of ketones is 1. The smallest absolute Gasteiger partial charge is 0.188 e. The number of carbonyl (C=O) groups is 1. The molecule has 1 aromatic heterocycles. The Hall–Kier alpha value is -2.70. The van der Waals surface area contributed by atoms with Crippen LogP contribution in [0.25, 0.3) is 22.4 Å². The van der Waals surface area contributed by atoms with Crippen LogP contribution in [-0.4, -0.2) is 47.3 Å². The first-order valence-electron chi connectivity index (χ1n) is 8.16. The number of aromatic nitrogens is 2. The summed E-state index contributed by atoms with van der Waals surface area (Å²) in [7, 11) is 0. The van der Waals surface area contributed by atoms with Crippen molar-refractivity contribution >= 4 is 16.8 Å². The van der Waals surface area contributed by atoms with Gasteiger partial charge in [-0.05, 0) is 37.3 Å². The standard InChI is InChI=1S/C19H20N2O4/c1-2-24-9-10-25-18-6-4-3-5-14(18)19-20-15-8-7-13(17(23)12-22)11-16(15)21-19/h3-8,11,22H,2,9-10,12H2,1H3,(H,20,21). The van der Waals surface area contributed by atoms with E-state index in [4.69, 9.17) is 14.6 Å². The van der Waals surface area contributed by atoms with Gasteiger partial charge in [0.1, 0.15) is 24.8 Å². The van der Waals surface area contributed by atoms with E-state index in [9.17, 15) is 4.79 Å². The number of rotatable bonds is 8. The fraction of sp³-hybridized carbons (Fsp3) is 0.263. The first-order valence-corrected chi connectivity index (χ1v) is 8.16. The summed E-state index contributed by atoms with van der Waals surface area (Å²) in [4.78, 5) is 19.4. The molecule has 0 aliphatic rings. The number of H-pyrrole nitrogens is 1. The van der Waals surface area contributed by atoms with Gasteiger partial charge in [-0.15, -0.1) is 0 Å². The zero-order valence-electron chi connectivity index (χ0n) is 14.0. The van der Waals surface area contributed by atoms with Gasteiger partial charge in [-0.25, -0.2) is 4.98 Å². The van der Waals surface area contributed by atoms with Gasteiger partial charge in [0.05, 0.1) is 23.2 Å². The van der Waals surface area contributed by atoms with Crippen LogP contribution in [0.15, 0.2) is 42.5 Å². The SMILES string of the molecule is CCOCCOc1ccccc1-c1nc2ccc(C(=O)CO)cc2[nH]1. The molecule has 0 aliphatic heterocycles. The molecule has 0 saturated heterocycles. The van der Waals surface area contributed by atoms with Crippen molar-refractivity contribution in [2.24, 2.45) is 0 Å². The number of aliphatic hydroxyl groups is 1. The molecular formula is C19H20N2O4. The maximum atomic E-state index is 11.6. The molecule has 2 N–H and O–H groups in total. The van der Waals surface area contributed by atoms with Crippen molar-refractivity contribution in [2.75, 3.05) is 26.4 Å². The van der Waals surface area contributed by atoms with E-state index >= 15 is 0 Å². The van der Waals surface area contributed by atoms with Gasteiger partial charge in [0.25, 0.3) is 0 Å². The van der Waals surface area contributed by atoms with E-state index in [2.05, 4.69) is 9.97 Å². The lowest BCUT2D eigenvalue weighted by Crippen LogP contribution is -2.07. The lowest BCUT2D eigenvalue weighted by Gasteiger charge is -2.09. The number of aliphatic hydroxyl groups excluding tert-OH is 1. The van der Waals surface area contributed by atoms with E-state index in [1.807, 2.05) is 31.2 Å². The highest BCUT2D eigenvalue weighted by Crippen LogP contribution is 2.29. The number of nitrogens with one attached hydrogen (secondary N) is 1. The van der Waals surface area contributed by atoms with E-state index in [1.165, 1.54) is 0 Å². The summed E-state index contributed by atoms with van der Waals surface area (Å²) in [6.07, 6.45) is 0. The number of nitrogens with zero attached hydrogens (tertiary/aromatic N) is 1. The fourth-order valence-electron chi connectivity index (χ4n) is 2.54. The number of benzene rings is 2. The summed E-state index contributed by atoms with van der Waals surface area (Å²) >= 11 is 0. The third-order valence-corrected chi connectivity index (χ3v) is 3.78. The van der Waals surface area contributed by atoms with Gasteiger partial charge in [-0.2, -0.15) is 0 Å². The minimum absolute atomic E-state index is 0.322. The molecule has 3 aromatic rings. The number of hydrogen-bond donors (Lipinski definition) is 2. The van der Waals surface area contributed by atoms with Crippen LogP contribution >= 0.6 is 0 Å². The molecular weight excluding hydrogens is 320 g/mol. The number of imidazole rings is 1. The lowest BCUT2D eigenvalue weighted by molar-refractivity contribution is 0.0904. The van der Waals surface area contributed by atoms with Gasteiger partial charge < -0.3 is 19.6 Å². The van der Waals surface area contributed by atoms with Crippen LogP contribution in [0.2, 0.25) is 0 Å². The van der Waals surface area contributed by atoms with Crippen LogP contribution in [0.1, 0.15) is 17.3 Å². The molecule has 0 bridgehead atoms. The Bertz CT molecular complexity index is 873. The first kappa shape index (κ1) is 17.1. The molecule has 0 aliphatic carbocycles. The summed E-state index contributed by atoms with van der Waals surface area (Å²) in [5.74, 6) is 1.06. The Morgan fingerprint density at radius 3 is 2.84 bits per heavy atom. The van der Waals surface area contributed by atoms with Gasteiger partial charge >= 0.3 is 0 Å². The van der Waals surface area contributed by atoms with E-state index in [0.717, 1.165) is 16.6 Å². The Morgan fingerprint density at radius 2 is 2.04 bits per heavy atom. The number of Topliss-reactive ketones (excluding diaryl/α,β-unsaturated/α-hetero) is 1. The largest absolute Gasteiger partial charge is 0.490 e. The summed E-state index contributed by atoms with van der Waals surface area (Å²) in [6.45, 7) is 3.07. The fourth-order valence-corrected chi connectivity index (χ4v) is 2.54. The molecule has 0 amide bonds. The van der Waals surface area contributed by atoms with Gasteiger partial charge in [-0.1, -0.05) is 12.1 Å². The monoisotopic (exact) mass is 340 g/mol. The second kappa shape index (κ2) is 7.92. The van der Waals surface area contributed by atoms with Crippen LogP contribution < -0.4 is 4.74 Å². The van der Waals surface area contributed by atoms with Gasteiger partial charge in [0.2, 0.25) is 0 Å². The Balaban J connectivity index is 1.90. The number of hydrogen-bond acceptors (Lipinski definition) is 5. The van der Waals surface area contributed by atoms with Crippen molar-refractivity contribution in [1.29, 1.82) is 0 Å². The maximum absolute atomic E-state index is 11.6. The average Bonchev–Trinajstić information content (AvgIpc) is 3.08. The molecule has 25 heavy (non-hydrogen) atoms. The van der Waals surface area contributed by atoms with Gasteiger partial charge in [-0.3, -0.25) is 4.79 Å². The van der Waals surface area contributed by atoms with Crippen molar-refractivity contribution < 1.29 is 19.4 Å². The Kier molecular flexibility index (Phi) is 5.42. The zero-order chi connectivity index (χ0) is 17.6. The summed E-state index contributed by atoms with van der Waals surface area (Å²) in [5.41, 5.74) is 2.77. The number of fused-ring (bicyclic) bond motifs is 1. The second-order valence-corrected chi connectivity index (χ2v) is 5.44. The van der Waals surface area contributed by atoms with E-state index in [0.29, 0.717) is 37.0 Å². The average molecular weight is 340 g/mol. The van der Waals surface area contributed by atoms with Crippen molar-refractivity contribution in [1.82, 2.24) is 9.97 Å². The molecule has 130 valence electrons. The van der Waals surface area contributed by atoms with Gasteiger partial charge in [0, 0.05) is 12.2 Å². The number of ether oxygens (including phenoxy) is 2. The van der Waals surface area contributed by atoms with Crippen molar-refractivity contribution in [3.63, 3.8) is 0 Å². The normalized spacial score (nSPS) is 11.0. The topological polar surface area (TPSA) is 84.4 Å². The minimum Gasteiger partial charge on any atom is -0.490 e. The molecule has 0 radical (unpaired) electrons. The van der Waals surface area contributed by atoms with Crippen LogP contribution in [0.5, 0.6) is 5.75 Å². The molecule has 0 atom stereocenters. The quantitative estimate of drug-likeness (QED) is 0.486. The summed E-state index contributed by atoms with van der Waals surface area (Å²) in [6, 6.07) is 12.7. The molecule has 6 nitrogen and oxygen atoms in total. The molecule has 3 rings (SSSR count). The highest BCUT2D eigenvalue weighted by Gasteiger charge is 2.12. The second-order valence-electron chi connectivity index (χ2n) is 5.44. The van der Waals surface area contributed by atoms with Gasteiger partial charge in [0.15, 0.2) is 5.78 Å². The van der Waals surface area contributed by atoms with Crippen LogP contribution in [0.4, 0.5) is 0 Å². The molecule has 6 heteroatoms. The summed E-state index contributed by atoms with van der Waals surface area (Å²) < 4.78 is 11.1. The molecule has 2 aromatic carbocycles. The predicted molar refractivity (Wildman–Crippen MR) is 94.9 cm³/mol. The third kappa shape index (κ3) is 3.87. The lowest BCUT2D eigenvalue weighted by atomic mass is 10.1. The Labute approximate surface area is 145 Å². The highest BCUT2D eigenvalue weighted by molar-refractivity contribution is 5.99. The molecule has 0 unspecified atom stereocenters. The number of aromatic amines is 1. The van der Waals surface area contributed by atoms with E-state index in [1.54, 1.807) is 18.2 Å². The van der Waals surface area contributed by atoms with Crippen LogP contribution in [-0.2, 0) is 4.74 Å². The van der Waals surface area contributed by atoms with Crippen molar-refractivity contribution in [3.8, 4) is 17.1 Å². The predicted octanol–water partition coefficient (Wildman–Crippen LogP) is 2.82. The van der Waals surface area contributed by atoms with Crippen molar-refractivity contribution in [3.05, 3.63) is 48.0 Å². The molecule has 0 saturated carbocycles. The maximum Gasteiger partial charge on any atom is 0.188 e. The van der Waals surface area contributed by atoms with E-state index < -0.39 is 6.61 Å². The molecule has 0 spiro atoms. The third-order valence-electron chi connectivity index (χ3n) is 3.78.